The van der Waals surface area contributed by atoms with Crippen molar-refractivity contribution in [2.75, 3.05) is 7.11 Å². The Kier molecular flexibility index (Phi) is 6.40. The van der Waals surface area contributed by atoms with Crippen molar-refractivity contribution in [3.8, 4) is 22.7 Å². The molecular formula is C27H23BrFN3O3. The van der Waals surface area contributed by atoms with Gasteiger partial charge in [-0.1, -0.05) is 28.1 Å². The molecule has 5 rings (SSSR count). The summed E-state index contributed by atoms with van der Waals surface area (Å²) in [5, 5.41) is 4.81. The van der Waals surface area contributed by atoms with E-state index in [4.69, 9.17) is 14.6 Å². The molecule has 0 spiro atoms. The van der Waals surface area contributed by atoms with Gasteiger partial charge in [0.15, 0.2) is 6.23 Å². The molecule has 0 aliphatic carbocycles. The average Bonchev–Trinajstić information content (AvgIpc) is 3.42. The highest BCUT2D eigenvalue weighted by molar-refractivity contribution is 9.10. The van der Waals surface area contributed by atoms with Crippen LogP contribution in [0, 0.1) is 5.82 Å². The summed E-state index contributed by atoms with van der Waals surface area (Å²) in [5.41, 5.74) is 3.88. The highest BCUT2D eigenvalue weighted by atomic mass is 79.9. The standard InChI is InChI=1S/C27H23BrFN3O3/c1-17-26(33)31(15-18-3-13-23(34-2)14-4-18)27(35-17)24-16-32(22-11-7-20(28)8-12-22)30-25(24)19-5-9-21(29)10-6-19/h3-14,16-17,27H,15H2,1-2H3/t17-,27+/m1/s1. The summed E-state index contributed by atoms with van der Waals surface area (Å²) in [4.78, 5) is 14.8. The van der Waals surface area contributed by atoms with E-state index in [-0.39, 0.29) is 11.7 Å². The van der Waals surface area contributed by atoms with Gasteiger partial charge in [-0.3, -0.25) is 4.79 Å². The fraction of sp³-hybridized carbons (Fsp3) is 0.185. The topological polar surface area (TPSA) is 56.6 Å². The summed E-state index contributed by atoms with van der Waals surface area (Å²) in [6, 6.07) is 21.5. The quantitative estimate of drug-likeness (QED) is 0.308. The van der Waals surface area contributed by atoms with E-state index in [1.165, 1.54) is 12.1 Å². The smallest absolute Gasteiger partial charge is 0.254 e. The number of carbonyl (C=O) groups is 1. The number of amides is 1. The molecule has 1 amide bonds. The number of benzene rings is 3. The maximum atomic E-state index is 13.7. The number of nitrogens with zero attached hydrogens (tertiary/aromatic N) is 3. The molecule has 0 saturated carbocycles. The molecule has 1 aromatic heterocycles. The maximum absolute atomic E-state index is 13.7. The molecule has 1 fully saturated rings. The first-order chi connectivity index (χ1) is 16.9. The molecule has 4 aromatic rings. The maximum Gasteiger partial charge on any atom is 0.254 e. The van der Waals surface area contributed by atoms with Gasteiger partial charge in [-0.2, -0.15) is 5.10 Å². The van der Waals surface area contributed by atoms with Crippen LogP contribution in [0.2, 0.25) is 0 Å². The lowest BCUT2D eigenvalue weighted by molar-refractivity contribution is -0.130. The number of rotatable bonds is 6. The summed E-state index contributed by atoms with van der Waals surface area (Å²) >= 11 is 3.46. The molecule has 1 saturated heterocycles. The van der Waals surface area contributed by atoms with E-state index in [0.29, 0.717) is 12.2 Å². The van der Waals surface area contributed by atoms with Gasteiger partial charge in [-0.25, -0.2) is 9.07 Å². The van der Waals surface area contributed by atoms with Crippen LogP contribution in [0.25, 0.3) is 16.9 Å². The van der Waals surface area contributed by atoms with Crippen LogP contribution in [-0.2, 0) is 16.1 Å². The third-order valence-electron chi connectivity index (χ3n) is 5.98. The molecule has 178 valence electrons. The van der Waals surface area contributed by atoms with Crippen LogP contribution < -0.4 is 4.74 Å². The summed E-state index contributed by atoms with van der Waals surface area (Å²) in [5.74, 6) is 0.314. The Morgan fingerprint density at radius 1 is 1.03 bits per heavy atom. The second-order valence-electron chi connectivity index (χ2n) is 8.31. The van der Waals surface area contributed by atoms with Gasteiger partial charge in [-0.05, 0) is 73.2 Å². The number of ether oxygens (including phenoxy) is 2. The van der Waals surface area contributed by atoms with E-state index in [2.05, 4.69) is 15.9 Å². The van der Waals surface area contributed by atoms with Crippen molar-refractivity contribution in [1.82, 2.24) is 14.7 Å². The van der Waals surface area contributed by atoms with Gasteiger partial charge in [0, 0.05) is 28.3 Å². The zero-order chi connectivity index (χ0) is 24.5. The molecule has 1 aliphatic heterocycles. The third kappa shape index (κ3) is 4.72. The third-order valence-corrected chi connectivity index (χ3v) is 6.51. The van der Waals surface area contributed by atoms with E-state index in [1.807, 2.05) is 54.7 Å². The van der Waals surface area contributed by atoms with E-state index >= 15 is 0 Å². The van der Waals surface area contributed by atoms with E-state index < -0.39 is 12.3 Å². The Bertz CT molecular complexity index is 1340. The van der Waals surface area contributed by atoms with Crippen molar-refractivity contribution in [3.63, 3.8) is 0 Å². The molecule has 3 aromatic carbocycles. The minimum absolute atomic E-state index is 0.104. The van der Waals surface area contributed by atoms with Crippen molar-refractivity contribution in [2.24, 2.45) is 0 Å². The van der Waals surface area contributed by atoms with Crippen molar-refractivity contribution in [3.05, 3.63) is 100 Å². The molecule has 0 N–H and O–H groups in total. The fourth-order valence-corrected chi connectivity index (χ4v) is 4.39. The van der Waals surface area contributed by atoms with Crippen molar-refractivity contribution >= 4 is 21.8 Å². The van der Waals surface area contributed by atoms with E-state index in [0.717, 1.165) is 32.6 Å². The minimum Gasteiger partial charge on any atom is -0.497 e. The fourth-order valence-electron chi connectivity index (χ4n) is 4.13. The largest absolute Gasteiger partial charge is 0.497 e. The average molecular weight is 536 g/mol. The second kappa shape index (κ2) is 9.64. The Morgan fingerprint density at radius 3 is 2.37 bits per heavy atom. The van der Waals surface area contributed by atoms with Crippen LogP contribution in [-0.4, -0.2) is 33.8 Å². The first-order valence-corrected chi connectivity index (χ1v) is 11.9. The molecule has 2 heterocycles. The normalized spacial score (nSPS) is 17.7. The van der Waals surface area contributed by atoms with Crippen LogP contribution in [0.5, 0.6) is 5.75 Å². The number of hydrogen-bond donors (Lipinski definition) is 0. The van der Waals surface area contributed by atoms with Crippen molar-refractivity contribution in [2.45, 2.75) is 25.8 Å². The number of halogens is 2. The Hall–Kier alpha value is -3.49. The number of aromatic nitrogens is 2. The molecule has 0 radical (unpaired) electrons. The van der Waals surface area contributed by atoms with Gasteiger partial charge < -0.3 is 14.4 Å². The lowest BCUT2D eigenvalue weighted by Crippen LogP contribution is -2.29. The molecule has 1 aliphatic rings. The summed E-state index contributed by atoms with van der Waals surface area (Å²) in [7, 11) is 1.62. The zero-order valence-electron chi connectivity index (χ0n) is 19.2. The predicted molar refractivity (Wildman–Crippen MR) is 133 cm³/mol. The van der Waals surface area contributed by atoms with Gasteiger partial charge in [-0.15, -0.1) is 0 Å². The molecule has 2 atom stereocenters. The van der Waals surface area contributed by atoms with Gasteiger partial charge in [0.25, 0.3) is 5.91 Å². The van der Waals surface area contributed by atoms with Gasteiger partial charge in [0.2, 0.25) is 0 Å². The van der Waals surface area contributed by atoms with Crippen LogP contribution in [0.15, 0.2) is 83.5 Å². The highest BCUT2D eigenvalue weighted by Crippen LogP contribution is 2.38. The Balaban J connectivity index is 1.57. The first kappa shape index (κ1) is 23.3. The molecular weight excluding hydrogens is 513 g/mol. The monoisotopic (exact) mass is 535 g/mol. The van der Waals surface area contributed by atoms with Gasteiger partial charge in [0.1, 0.15) is 23.4 Å². The second-order valence-corrected chi connectivity index (χ2v) is 9.22. The minimum atomic E-state index is -0.649. The van der Waals surface area contributed by atoms with E-state index in [9.17, 15) is 9.18 Å². The number of methoxy groups -OCH3 is 1. The SMILES string of the molecule is COc1ccc(CN2C(=O)[C@@H](C)O[C@H]2c2cn(-c3ccc(Br)cc3)nc2-c2ccc(F)cc2)cc1. The van der Waals surface area contributed by atoms with E-state index in [1.54, 1.807) is 35.7 Å². The highest BCUT2D eigenvalue weighted by Gasteiger charge is 2.41. The lowest BCUT2D eigenvalue weighted by atomic mass is 10.1. The number of hydrogen-bond acceptors (Lipinski definition) is 4. The molecule has 35 heavy (non-hydrogen) atoms. The predicted octanol–water partition coefficient (Wildman–Crippen LogP) is 5.90. The van der Waals surface area contributed by atoms with Crippen LogP contribution in [0.3, 0.4) is 0 Å². The Morgan fingerprint density at radius 2 is 1.71 bits per heavy atom. The lowest BCUT2D eigenvalue weighted by Gasteiger charge is -2.23. The molecule has 0 unspecified atom stereocenters. The summed E-state index contributed by atoms with van der Waals surface area (Å²) in [6.45, 7) is 2.12. The van der Waals surface area contributed by atoms with Crippen molar-refractivity contribution < 1.29 is 18.7 Å². The Labute approximate surface area is 211 Å². The zero-order valence-corrected chi connectivity index (χ0v) is 20.8. The molecule has 6 nitrogen and oxygen atoms in total. The van der Waals surface area contributed by atoms with Gasteiger partial charge >= 0.3 is 0 Å². The molecule has 8 heteroatoms. The summed E-state index contributed by atoms with van der Waals surface area (Å²) in [6.07, 6.45) is 0.623. The molecule has 0 bridgehead atoms. The summed E-state index contributed by atoms with van der Waals surface area (Å²) < 4.78 is 27.8. The van der Waals surface area contributed by atoms with Gasteiger partial charge in [0.05, 0.1) is 12.8 Å². The number of carbonyl (C=O) groups excluding carboxylic acids is 1. The van der Waals surface area contributed by atoms with Crippen LogP contribution in [0.4, 0.5) is 4.39 Å². The first-order valence-electron chi connectivity index (χ1n) is 11.1. The van der Waals surface area contributed by atoms with Crippen LogP contribution in [0.1, 0.15) is 24.3 Å². The van der Waals surface area contributed by atoms with Crippen LogP contribution >= 0.6 is 15.9 Å². The van der Waals surface area contributed by atoms with Crippen molar-refractivity contribution in [1.29, 1.82) is 0 Å².